The van der Waals surface area contributed by atoms with Gasteiger partial charge in [0.2, 0.25) is 11.8 Å². The minimum atomic E-state index is -0.973. The second-order valence-corrected chi connectivity index (χ2v) is 14.4. The van der Waals surface area contributed by atoms with Gasteiger partial charge in [0, 0.05) is 29.2 Å². The fraction of sp³-hybridized carbons (Fsp3) is 0.457. The Morgan fingerprint density at radius 3 is 2.19 bits per heavy atom. The molecule has 4 aliphatic heterocycles. The van der Waals surface area contributed by atoms with E-state index in [1.54, 1.807) is 26.5 Å². The number of thioether (sulfide) groups is 1. The molecule has 6 rings (SSSR count). The van der Waals surface area contributed by atoms with Gasteiger partial charge in [-0.3, -0.25) is 14.4 Å². The number of aliphatic hydroxyl groups is 1. The number of fused-ring (bicyclic) bond motifs is 2. The lowest BCUT2D eigenvalue weighted by atomic mass is 9.74. The number of carbonyl (C=O) groups excluding carboxylic acids is 3. The summed E-state index contributed by atoms with van der Waals surface area (Å²) in [7, 11) is 0. The first-order valence-corrected chi connectivity index (χ1v) is 16.1. The van der Waals surface area contributed by atoms with Crippen molar-refractivity contribution in [1.29, 1.82) is 0 Å². The molecule has 1 N–H and O–H groups in total. The van der Waals surface area contributed by atoms with Crippen LogP contribution in [-0.4, -0.2) is 69.0 Å². The highest BCUT2D eigenvalue weighted by Crippen LogP contribution is 2.66. The molecule has 7 nitrogen and oxygen atoms in total. The van der Waals surface area contributed by atoms with Crippen molar-refractivity contribution in [2.75, 3.05) is 29.5 Å². The number of rotatable bonds is 6. The molecular weight excluding hydrogens is 558 g/mol. The standard InChI is InChI=1S/C35H41N3O4S/c1-6-22(2)26(21-39)38-30-33(42)37(29-23(3)13-10-14-24(29)4)20-12-18-35(30)28(32(38)41)27-31(40)36(25-15-8-7-9-16-25)19-11-17-34(27,5)43-35/h7-18,22,26-28,30,39H,6,19-21H2,1-5H3/t22-,26-,27-,28-,30?,34+,35-/m0/s1. The number of carbonyl (C=O) groups is 3. The van der Waals surface area contributed by atoms with Crippen LogP contribution in [0.25, 0.3) is 0 Å². The highest BCUT2D eigenvalue weighted by molar-refractivity contribution is 8.02. The summed E-state index contributed by atoms with van der Waals surface area (Å²) in [5, 5.41) is 10.7. The van der Waals surface area contributed by atoms with E-state index in [1.807, 2.05) is 95.3 Å². The third-order valence-electron chi connectivity index (χ3n) is 10.1. The molecule has 226 valence electrons. The van der Waals surface area contributed by atoms with Gasteiger partial charge >= 0.3 is 0 Å². The first kappa shape index (κ1) is 29.7. The molecule has 2 saturated heterocycles. The maximum Gasteiger partial charge on any atom is 0.251 e. The highest BCUT2D eigenvalue weighted by Gasteiger charge is 2.74. The number of aryl methyl sites for hydroxylation is 2. The summed E-state index contributed by atoms with van der Waals surface area (Å²) in [6, 6.07) is 14.1. The molecule has 1 unspecified atom stereocenters. The maximum absolute atomic E-state index is 15.0. The van der Waals surface area contributed by atoms with Crippen molar-refractivity contribution >= 4 is 40.9 Å². The molecule has 0 aromatic heterocycles. The van der Waals surface area contributed by atoms with E-state index in [0.29, 0.717) is 13.1 Å². The minimum absolute atomic E-state index is 0.0413. The quantitative estimate of drug-likeness (QED) is 0.478. The summed E-state index contributed by atoms with van der Waals surface area (Å²) in [5.74, 6) is -1.97. The lowest BCUT2D eigenvalue weighted by Gasteiger charge is -2.41. The number of para-hydroxylation sites is 2. The Morgan fingerprint density at radius 2 is 1.53 bits per heavy atom. The number of hydrogen-bond donors (Lipinski definition) is 1. The molecule has 2 fully saturated rings. The van der Waals surface area contributed by atoms with Crippen LogP contribution in [0.15, 0.2) is 72.8 Å². The van der Waals surface area contributed by atoms with E-state index < -0.39 is 33.4 Å². The zero-order valence-corrected chi connectivity index (χ0v) is 26.4. The van der Waals surface area contributed by atoms with E-state index in [1.165, 1.54) is 0 Å². The molecule has 43 heavy (non-hydrogen) atoms. The van der Waals surface area contributed by atoms with Crippen LogP contribution in [0.4, 0.5) is 11.4 Å². The van der Waals surface area contributed by atoms with Crippen LogP contribution in [-0.2, 0) is 14.4 Å². The second-order valence-electron chi connectivity index (χ2n) is 12.7. The first-order chi connectivity index (χ1) is 20.6. The summed E-state index contributed by atoms with van der Waals surface area (Å²) < 4.78 is -1.67. The van der Waals surface area contributed by atoms with Crippen molar-refractivity contribution in [2.45, 2.75) is 62.6 Å². The third-order valence-corrected chi connectivity index (χ3v) is 11.9. The summed E-state index contributed by atoms with van der Waals surface area (Å²) in [6.07, 6.45) is 8.90. The van der Waals surface area contributed by atoms with Crippen molar-refractivity contribution < 1.29 is 19.5 Å². The van der Waals surface area contributed by atoms with Crippen LogP contribution in [0.3, 0.4) is 0 Å². The molecule has 0 bridgehead atoms. The summed E-state index contributed by atoms with van der Waals surface area (Å²) in [4.78, 5) is 49.7. The topological polar surface area (TPSA) is 81.2 Å². The highest BCUT2D eigenvalue weighted by atomic mass is 32.2. The van der Waals surface area contributed by atoms with Gasteiger partial charge in [0.05, 0.1) is 29.2 Å². The Morgan fingerprint density at radius 1 is 0.884 bits per heavy atom. The average Bonchev–Trinajstić information content (AvgIpc) is 3.26. The third kappa shape index (κ3) is 4.40. The number of anilines is 2. The molecule has 7 atom stereocenters. The van der Waals surface area contributed by atoms with Crippen LogP contribution >= 0.6 is 11.8 Å². The number of likely N-dealkylation sites (tertiary alicyclic amines) is 1. The Kier molecular flexibility index (Phi) is 7.58. The zero-order valence-electron chi connectivity index (χ0n) is 25.6. The van der Waals surface area contributed by atoms with E-state index in [4.69, 9.17) is 0 Å². The van der Waals surface area contributed by atoms with Gasteiger partial charge in [-0.05, 0) is 49.9 Å². The number of nitrogens with zero attached hydrogens (tertiary/aromatic N) is 3. The van der Waals surface area contributed by atoms with E-state index in [-0.39, 0.29) is 30.2 Å². The molecule has 0 aliphatic carbocycles. The first-order valence-electron chi connectivity index (χ1n) is 15.3. The van der Waals surface area contributed by atoms with Gasteiger partial charge in [0.1, 0.15) is 6.04 Å². The van der Waals surface area contributed by atoms with Gasteiger partial charge in [-0.1, -0.05) is 81.0 Å². The molecule has 8 heteroatoms. The SMILES string of the molecule is CC[C@H](C)[C@H](CO)N1C(=O)[C@@H]2[C@H]3C(=O)N(c4ccccc4)CC=C[C@@]3(C)S[C@@]23C=CCN(c2c(C)cccc2C)C(=O)C13. The van der Waals surface area contributed by atoms with Gasteiger partial charge in [-0.25, -0.2) is 0 Å². The Labute approximate surface area is 258 Å². The molecule has 2 aromatic rings. The second kappa shape index (κ2) is 11.0. The average molecular weight is 600 g/mol. The maximum atomic E-state index is 15.0. The van der Waals surface area contributed by atoms with E-state index >= 15 is 0 Å². The molecule has 1 spiro atoms. The Hall–Kier alpha value is -3.36. The van der Waals surface area contributed by atoms with Crippen molar-refractivity contribution in [2.24, 2.45) is 17.8 Å². The zero-order chi connectivity index (χ0) is 30.7. The van der Waals surface area contributed by atoms with E-state index in [2.05, 4.69) is 12.2 Å². The molecule has 3 amide bonds. The molecule has 0 radical (unpaired) electrons. The van der Waals surface area contributed by atoms with E-state index in [0.717, 1.165) is 28.9 Å². The fourth-order valence-corrected chi connectivity index (χ4v) is 10.0. The van der Waals surface area contributed by atoms with Crippen molar-refractivity contribution in [3.63, 3.8) is 0 Å². The van der Waals surface area contributed by atoms with Crippen LogP contribution in [0.2, 0.25) is 0 Å². The van der Waals surface area contributed by atoms with Crippen molar-refractivity contribution in [1.82, 2.24) is 4.90 Å². The normalized spacial score (nSPS) is 31.4. The number of hydrogen-bond acceptors (Lipinski definition) is 5. The summed E-state index contributed by atoms with van der Waals surface area (Å²) in [6.45, 7) is 10.6. The van der Waals surface area contributed by atoms with Gasteiger partial charge in [0.25, 0.3) is 5.91 Å². The predicted molar refractivity (Wildman–Crippen MR) is 172 cm³/mol. The summed E-state index contributed by atoms with van der Waals surface area (Å²) >= 11 is 1.58. The lowest BCUT2D eigenvalue weighted by Crippen LogP contribution is -2.58. The minimum Gasteiger partial charge on any atom is -0.394 e. The monoisotopic (exact) mass is 599 g/mol. The molecule has 0 saturated carbocycles. The number of aliphatic hydroxyl groups excluding tert-OH is 1. The summed E-state index contributed by atoms with van der Waals surface area (Å²) in [5.41, 5.74) is 3.61. The fourth-order valence-electron chi connectivity index (χ4n) is 7.90. The van der Waals surface area contributed by atoms with E-state index in [9.17, 15) is 19.5 Å². The number of amides is 3. The number of benzene rings is 2. The van der Waals surface area contributed by atoms with Crippen LogP contribution in [0.5, 0.6) is 0 Å². The van der Waals surface area contributed by atoms with Crippen LogP contribution in [0, 0.1) is 31.6 Å². The molecule has 4 aliphatic rings. The van der Waals surface area contributed by atoms with Gasteiger partial charge in [0.15, 0.2) is 0 Å². The molecule has 4 heterocycles. The van der Waals surface area contributed by atoms with Gasteiger partial charge in [-0.15, -0.1) is 11.8 Å². The molecular formula is C35H41N3O4S. The van der Waals surface area contributed by atoms with Crippen molar-refractivity contribution in [3.05, 3.63) is 84.0 Å². The van der Waals surface area contributed by atoms with Gasteiger partial charge in [-0.2, -0.15) is 0 Å². The smallest absolute Gasteiger partial charge is 0.251 e. The van der Waals surface area contributed by atoms with Crippen LogP contribution in [0.1, 0.15) is 38.3 Å². The van der Waals surface area contributed by atoms with Crippen molar-refractivity contribution in [3.8, 4) is 0 Å². The Balaban J connectivity index is 1.53. The largest absolute Gasteiger partial charge is 0.394 e. The lowest BCUT2D eigenvalue weighted by molar-refractivity contribution is -0.143. The van der Waals surface area contributed by atoms with Crippen LogP contribution < -0.4 is 9.80 Å². The Bertz CT molecular complexity index is 1490. The molecule has 2 aromatic carbocycles. The predicted octanol–water partition coefficient (Wildman–Crippen LogP) is 4.90. The van der Waals surface area contributed by atoms with Gasteiger partial charge < -0.3 is 19.8 Å².